The molecule has 3 aliphatic heterocycles. The van der Waals surface area contributed by atoms with E-state index in [2.05, 4.69) is 28.0 Å². The van der Waals surface area contributed by atoms with Gasteiger partial charge in [-0.2, -0.15) is 0 Å². The van der Waals surface area contributed by atoms with Crippen LogP contribution in [0.2, 0.25) is 0 Å². The van der Waals surface area contributed by atoms with Crippen molar-refractivity contribution in [3.8, 4) is 11.6 Å². The molecule has 16 heteroatoms. The number of ether oxygens (including phenoxy) is 3. The highest BCUT2D eigenvalue weighted by Crippen LogP contribution is 2.46. The monoisotopic (exact) mass is 806 g/mol. The van der Waals surface area contributed by atoms with Gasteiger partial charge < -0.3 is 34.6 Å². The number of nitrogens with zero attached hydrogens (tertiary/aromatic N) is 3. The zero-order valence-electron chi connectivity index (χ0n) is 32.6. The molecule has 3 aliphatic carbocycles. The van der Waals surface area contributed by atoms with Gasteiger partial charge in [-0.15, -0.1) is 6.58 Å². The highest BCUT2D eigenvalue weighted by atomic mass is 32.2. The lowest BCUT2D eigenvalue weighted by Crippen LogP contribution is -2.59. The molecule has 5 fully saturated rings. The van der Waals surface area contributed by atoms with E-state index >= 15 is 0 Å². The van der Waals surface area contributed by atoms with E-state index in [1.165, 1.54) is 11.0 Å². The van der Waals surface area contributed by atoms with E-state index in [4.69, 9.17) is 19.2 Å². The van der Waals surface area contributed by atoms with Gasteiger partial charge in [-0.3, -0.25) is 19.1 Å². The molecule has 0 spiro atoms. The minimum Gasteiger partial charge on any atom is -0.497 e. The first-order valence-electron chi connectivity index (χ1n) is 20.6. The summed E-state index contributed by atoms with van der Waals surface area (Å²) in [5, 5.41) is 6.25. The van der Waals surface area contributed by atoms with E-state index in [0.717, 1.165) is 55.9 Å². The van der Waals surface area contributed by atoms with Crippen LogP contribution in [0, 0.1) is 11.8 Å². The highest BCUT2D eigenvalue weighted by Gasteiger charge is 2.62. The average Bonchev–Trinajstić information content (AvgIpc) is 3.97. The second kappa shape index (κ2) is 16.1. The van der Waals surface area contributed by atoms with Crippen LogP contribution in [-0.2, 0) is 35.6 Å². The minimum absolute atomic E-state index is 0.0348. The van der Waals surface area contributed by atoms with Crippen LogP contribution in [0.3, 0.4) is 0 Å². The predicted octanol–water partition coefficient (Wildman–Crippen LogP) is 3.35. The second-order valence-electron chi connectivity index (χ2n) is 16.7. The summed E-state index contributed by atoms with van der Waals surface area (Å²) in [5.74, 6) is -1.39. The molecule has 6 atom stereocenters. The predicted molar refractivity (Wildman–Crippen MR) is 210 cm³/mol. The lowest BCUT2D eigenvalue weighted by Gasteiger charge is -2.33. The number of hydrogen-bond donors (Lipinski definition) is 3. The third-order valence-electron chi connectivity index (χ3n) is 12.7. The van der Waals surface area contributed by atoms with Crippen molar-refractivity contribution < 1.29 is 41.8 Å². The lowest BCUT2D eigenvalue weighted by atomic mass is 9.96. The number of carbonyl (C=O) groups excluding carboxylic acids is 4. The summed E-state index contributed by atoms with van der Waals surface area (Å²) >= 11 is 0. The van der Waals surface area contributed by atoms with Gasteiger partial charge >= 0.3 is 6.03 Å². The van der Waals surface area contributed by atoms with E-state index in [9.17, 15) is 27.6 Å². The van der Waals surface area contributed by atoms with Gasteiger partial charge in [0.15, 0.2) is 0 Å². The molecule has 0 unspecified atom stereocenters. The zero-order valence-corrected chi connectivity index (χ0v) is 33.4. The Balaban J connectivity index is 1.12. The Kier molecular flexibility index (Phi) is 11.1. The van der Waals surface area contributed by atoms with E-state index in [-0.39, 0.29) is 37.4 Å². The van der Waals surface area contributed by atoms with Gasteiger partial charge in [-0.25, -0.2) is 18.2 Å². The number of aryl methyl sites for hydroxylation is 1. The molecular formula is C41H54N6O9S. The van der Waals surface area contributed by atoms with E-state index in [0.29, 0.717) is 62.5 Å². The number of nitrogens with one attached hydrogen (secondary N) is 3. The number of fused-ring (bicyclic) bond motifs is 6. The number of amides is 5. The number of rotatable bonds is 8. The van der Waals surface area contributed by atoms with E-state index < -0.39 is 62.6 Å². The molecule has 1 aromatic heterocycles. The maximum atomic E-state index is 14.9. The maximum Gasteiger partial charge on any atom is 0.318 e. The number of urea groups is 1. The van der Waals surface area contributed by atoms with Crippen molar-refractivity contribution >= 4 is 44.7 Å². The number of sulfonamides is 1. The smallest absolute Gasteiger partial charge is 0.318 e. The zero-order chi connectivity index (χ0) is 39.9. The van der Waals surface area contributed by atoms with Crippen molar-refractivity contribution in [2.75, 3.05) is 33.4 Å². The Hall–Kier alpha value is -4.44. The Bertz CT molecular complexity index is 2020. The summed E-state index contributed by atoms with van der Waals surface area (Å²) < 4.78 is 46.2. The largest absolute Gasteiger partial charge is 0.497 e. The normalized spacial score (nSPS) is 30.0. The summed E-state index contributed by atoms with van der Waals surface area (Å²) in [6, 6.07) is 5.44. The summed E-state index contributed by atoms with van der Waals surface area (Å²) in [4.78, 5) is 65.0. The molecule has 15 nitrogen and oxygen atoms in total. The van der Waals surface area contributed by atoms with Crippen molar-refractivity contribution in [2.45, 2.75) is 119 Å². The van der Waals surface area contributed by atoms with E-state index in [1.54, 1.807) is 12.0 Å². The number of methoxy groups -OCH3 is 1. The van der Waals surface area contributed by atoms with Crippen LogP contribution >= 0.6 is 0 Å². The third-order valence-corrected chi connectivity index (χ3v) is 14.6. The molecular weight excluding hydrogens is 753 g/mol. The summed E-state index contributed by atoms with van der Waals surface area (Å²) in [7, 11) is -2.30. The molecule has 4 bridgehead atoms. The van der Waals surface area contributed by atoms with Gasteiger partial charge in [0, 0.05) is 49.1 Å². The Morgan fingerprint density at radius 2 is 1.84 bits per heavy atom. The van der Waals surface area contributed by atoms with Crippen molar-refractivity contribution in [3.63, 3.8) is 0 Å². The van der Waals surface area contributed by atoms with Crippen LogP contribution in [0.4, 0.5) is 4.79 Å². The molecule has 8 rings (SSSR count). The first-order chi connectivity index (χ1) is 27.5. The average molecular weight is 807 g/mol. The van der Waals surface area contributed by atoms with Gasteiger partial charge in [0.1, 0.15) is 29.5 Å². The van der Waals surface area contributed by atoms with Crippen LogP contribution in [-0.4, -0.2) is 115 Å². The van der Waals surface area contributed by atoms with Gasteiger partial charge in [0.05, 0.1) is 30.5 Å². The highest BCUT2D eigenvalue weighted by molar-refractivity contribution is 7.91. The first-order valence-corrected chi connectivity index (χ1v) is 22.1. The molecule has 2 saturated heterocycles. The maximum absolute atomic E-state index is 14.9. The molecule has 4 heterocycles. The SMILES string of the molecule is C=C[C@H]1C[C@]1(NC(=O)[C@@H]1C[C@@H]2CN1C(=O)[C@H](C1CCCC1)NC(=O)N1CC[C@@H](C1)OCCCCCc1cc3ccc(OC)cc3nc1O2)C(=O)NS(=O)(=O)C1CC1. The lowest BCUT2D eigenvalue weighted by molar-refractivity contribution is -0.142. The fourth-order valence-corrected chi connectivity index (χ4v) is 10.5. The molecule has 3 N–H and O–H groups in total. The van der Waals surface area contributed by atoms with Crippen molar-refractivity contribution in [3.05, 3.63) is 42.5 Å². The van der Waals surface area contributed by atoms with Gasteiger partial charge in [0.2, 0.25) is 27.7 Å². The summed E-state index contributed by atoms with van der Waals surface area (Å²) in [5.41, 5.74) is 0.0468. The van der Waals surface area contributed by atoms with Crippen LogP contribution < -0.4 is 24.8 Å². The number of benzene rings is 1. The second-order valence-corrected chi connectivity index (χ2v) is 18.6. The van der Waals surface area contributed by atoms with Crippen LogP contribution in [0.25, 0.3) is 10.9 Å². The fraction of sp³-hybridized carbons (Fsp3) is 0.634. The molecule has 6 aliphatic rings. The Morgan fingerprint density at radius 3 is 2.58 bits per heavy atom. The number of hydrogen-bond acceptors (Lipinski definition) is 10. The quantitative estimate of drug-likeness (QED) is 0.335. The standard InChI is InChI=1S/C41H54N6O9S/c1-3-28-22-41(28,39(50)45-57(52,53)32-14-15-32)44-36(48)34-21-31-24-47(34)38(49)35(25-9-6-7-10-25)43-40(51)46-17-16-30(23-46)55-18-8-4-5-11-27-19-26-12-13-29(54-2)20-33(26)42-37(27)56-31/h3,12-13,19-20,25,28,30-32,34-35H,1,4-11,14-18,21-24H2,2H3,(H,43,51)(H,44,48)(H,45,50)/t28-,30-,31+,34-,35-,41+/m0/s1. The van der Waals surface area contributed by atoms with Gasteiger partial charge in [-0.05, 0) is 81.9 Å². The van der Waals surface area contributed by atoms with Crippen LogP contribution in [0.1, 0.15) is 82.6 Å². The number of aromatic nitrogens is 1. The minimum atomic E-state index is -3.89. The molecule has 3 saturated carbocycles. The van der Waals surface area contributed by atoms with Gasteiger partial charge in [-0.1, -0.05) is 25.3 Å². The molecule has 1 aromatic carbocycles. The molecule has 57 heavy (non-hydrogen) atoms. The topological polar surface area (TPSA) is 186 Å². The number of carbonyl (C=O) groups is 4. The molecule has 2 aromatic rings. The third kappa shape index (κ3) is 8.30. The molecule has 0 radical (unpaired) electrons. The summed E-state index contributed by atoms with van der Waals surface area (Å²) in [6.45, 7) is 5.40. The summed E-state index contributed by atoms with van der Waals surface area (Å²) in [6.07, 6.45) is 9.37. The van der Waals surface area contributed by atoms with Crippen molar-refractivity contribution in [1.29, 1.82) is 0 Å². The van der Waals surface area contributed by atoms with Crippen molar-refractivity contribution in [1.82, 2.24) is 30.1 Å². The van der Waals surface area contributed by atoms with Crippen LogP contribution in [0.5, 0.6) is 11.6 Å². The van der Waals surface area contributed by atoms with E-state index in [1.807, 2.05) is 18.2 Å². The van der Waals surface area contributed by atoms with Crippen molar-refractivity contribution in [2.24, 2.45) is 11.8 Å². The van der Waals surface area contributed by atoms with Crippen LogP contribution in [0.15, 0.2) is 36.9 Å². The Labute approximate surface area is 333 Å². The molecule has 308 valence electrons. The molecule has 5 amide bonds. The first kappa shape index (κ1) is 39.4. The number of pyridine rings is 1. The fourth-order valence-electron chi connectivity index (χ4n) is 9.10. The Morgan fingerprint density at radius 1 is 1.04 bits per heavy atom. The van der Waals surface area contributed by atoms with Gasteiger partial charge in [0.25, 0.3) is 5.91 Å².